The number of amides is 1. The average molecular weight is 551 g/mol. The van der Waals surface area contributed by atoms with Crippen molar-refractivity contribution < 1.29 is 13.2 Å². The van der Waals surface area contributed by atoms with Crippen molar-refractivity contribution in [2.45, 2.75) is 32.6 Å². The highest BCUT2D eigenvalue weighted by Gasteiger charge is 2.25. The fraction of sp³-hybridized carbons (Fsp3) is 0.310. The fourth-order valence-electron chi connectivity index (χ4n) is 4.21. The van der Waals surface area contributed by atoms with Gasteiger partial charge < -0.3 is 4.90 Å². The number of nitrogens with zero attached hydrogens (tertiary/aromatic N) is 4. The van der Waals surface area contributed by atoms with Crippen LogP contribution in [0.3, 0.4) is 0 Å². The monoisotopic (exact) mass is 550 g/mol. The van der Waals surface area contributed by atoms with Gasteiger partial charge in [-0.25, -0.2) is 13.4 Å². The number of rotatable bonds is 10. The highest BCUT2D eigenvalue weighted by molar-refractivity contribution is 7.92. The lowest BCUT2D eigenvalue weighted by molar-refractivity contribution is 0.0983. The standard InChI is InChI=1S/C29H34N4O3S2/c1-6-32(7-2)17-18-33(29-30-26-19-21(3)22(4)20-27(26)37-29)28(34)23-13-15-25(16-14-23)38(35,36)31(5)24-11-9-8-10-12-24/h8-16,19-20H,6-7,17-18H2,1-5H3. The van der Waals surface area contributed by atoms with E-state index in [2.05, 4.69) is 44.7 Å². The molecule has 0 atom stereocenters. The highest BCUT2D eigenvalue weighted by atomic mass is 32.2. The molecule has 0 saturated carbocycles. The summed E-state index contributed by atoms with van der Waals surface area (Å²) in [5.74, 6) is -0.204. The van der Waals surface area contributed by atoms with Crippen molar-refractivity contribution in [2.75, 3.05) is 42.4 Å². The summed E-state index contributed by atoms with van der Waals surface area (Å²) in [6.07, 6.45) is 0. The van der Waals surface area contributed by atoms with E-state index in [0.29, 0.717) is 29.5 Å². The second-order valence-electron chi connectivity index (χ2n) is 9.22. The van der Waals surface area contributed by atoms with Crippen molar-refractivity contribution in [3.05, 3.63) is 83.4 Å². The Balaban J connectivity index is 1.65. The molecule has 0 aliphatic carbocycles. The van der Waals surface area contributed by atoms with Gasteiger partial charge in [0, 0.05) is 25.7 Å². The molecule has 7 nitrogen and oxygen atoms in total. The topological polar surface area (TPSA) is 73.8 Å². The molecule has 0 aliphatic heterocycles. The third kappa shape index (κ3) is 5.75. The van der Waals surface area contributed by atoms with Crippen LogP contribution >= 0.6 is 11.3 Å². The van der Waals surface area contributed by atoms with E-state index in [0.717, 1.165) is 28.9 Å². The van der Waals surface area contributed by atoms with E-state index < -0.39 is 10.0 Å². The van der Waals surface area contributed by atoms with Gasteiger partial charge in [0.15, 0.2) is 5.13 Å². The van der Waals surface area contributed by atoms with Gasteiger partial charge in [-0.15, -0.1) is 0 Å². The van der Waals surface area contributed by atoms with E-state index in [9.17, 15) is 13.2 Å². The van der Waals surface area contributed by atoms with Crippen LogP contribution in [0.25, 0.3) is 10.2 Å². The molecule has 0 radical (unpaired) electrons. The average Bonchev–Trinajstić information content (AvgIpc) is 3.33. The van der Waals surface area contributed by atoms with Crippen LogP contribution < -0.4 is 9.21 Å². The highest BCUT2D eigenvalue weighted by Crippen LogP contribution is 2.32. The maximum Gasteiger partial charge on any atom is 0.264 e. The molecule has 0 spiro atoms. The second-order valence-corrected chi connectivity index (χ2v) is 12.2. The zero-order chi connectivity index (χ0) is 27.4. The van der Waals surface area contributed by atoms with E-state index in [-0.39, 0.29) is 10.8 Å². The van der Waals surface area contributed by atoms with Gasteiger partial charge in [-0.3, -0.25) is 14.0 Å². The molecular weight excluding hydrogens is 516 g/mol. The number of fused-ring (bicyclic) bond motifs is 1. The minimum absolute atomic E-state index is 0.126. The lowest BCUT2D eigenvalue weighted by Gasteiger charge is -2.25. The van der Waals surface area contributed by atoms with Crippen molar-refractivity contribution in [3.63, 3.8) is 0 Å². The molecule has 1 amide bonds. The van der Waals surface area contributed by atoms with E-state index >= 15 is 0 Å². The van der Waals surface area contributed by atoms with Crippen molar-refractivity contribution >= 4 is 48.3 Å². The molecule has 4 aromatic rings. The van der Waals surface area contributed by atoms with Crippen LogP contribution in [0.4, 0.5) is 10.8 Å². The summed E-state index contributed by atoms with van der Waals surface area (Å²) in [5, 5.41) is 0.641. The number of sulfonamides is 1. The molecule has 0 fully saturated rings. The predicted octanol–water partition coefficient (Wildman–Crippen LogP) is 5.73. The Hall–Kier alpha value is -3.27. The fourth-order valence-corrected chi connectivity index (χ4v) is 6.47. The quantitative estimate of drug-likeness (QED) is 0.252. The smallest absolute Gasteiger partial charge is 0.264 e. The second kappa shape index (κ2) is 11.6. The van der Waals surface area contributed by atoms with E-state index in [4.69, 9.17) is 4.98 Å². The van der Waals surface area contributed by atoms with Gasteiger partial charge in [0.05, 0.1) is 20.8 Å². The maximum atomic E-state index is 13.8. The Morgan fingerprint density at radius 2 is 1.53 bits per heavy atom. The molecule has 4 rings (SSSR count). The van der Waals surface area contributed by atoms with E-state index in [1.807, 2.05) is 6.07 Å². The first kappa shape index (κ1) is 27.8. The largest absolute Gasteiger partial charge is 0.302 e. The van der Waals surface area contributed by atoms with Crippen LogP contribution in [-0.2, 0) is 10.0 Å². The Bertz CT molecular complexity index is 1470. The van der Waals surface area contributed by atoms with Crippen molar-refractivity contribution in [3.8, 4) is 0 Å². The number of carbonyl (C=O) groups excluding carboxylic acids is 1. The summed E-state index contributed by atoms with van der Waals surface area (Å²) in [6.45, 7) is 11.3. The molecule has 0 saturated heterocycles. The Morgan fingerprint density at radius 3 is 2.16 bits per heavy atom. The number of anilines is 2. The number of likely N-dealkylation sites (N-methyl/N-ethyl adjacent to an activating group) is 1. The van der Waals surface area contributed by atoms with E-state index in [1.54, 1.807) is 41.3 Å². The summed E-state index contributed by atoms with van der Waals surface area (Å²) in [5.41, 5.74) is 4.20. The lowest BCUT2D eigenvalue weighted by atomic mass is 10.1. The van der Waals surface area contributed by atoms with Gasteiger partial charge in [0.1, 0.15) is 0 Å². The zero-order valence-electron chi connectivity index (χ0n) is 22.5. The SMILES string of the molecule is CCN(CC)CCN(C(=O)c1ccc(S(=O)(=O)N(C)c2ccccc2)cc1)c1nc2cc(C)c(C)cc2s1. The minimum atomic E-state index is -3.77. The first-order valence-electron chi connectivity index (χ1n) is 12.7. The molecule has 9 heteroatoms. The Labute approximate surface area is 229 Å². The van der Waals surface area contributed by atoms with Crippen molar-refractivity contribution in [1.82, 2.24) is 9.88 Å². The van der Waals surface area contributed by atoms with Gasteiger partial charge >= 0.3 is 0 Å². The van der Waals surface area contributed by atoms with Crippen LogP contribution in [-0.4, -0.2) is 57.4 Å². The van der Waals surface area contributed by atoms with Crippen LogP contribution in [0.1, 0.15) is 35.3 Å². The summed E-state index contributed by atoms with van der Waals surface area (Å²) in [4.78, 5) is 22.7. The predicted molar refractivity (Wildman–Crippen MR) is 157 cm³/mol. The molecule has 0 N–H and O–H groups in total. The number of carbonyl (C=O) groups is 1. The van der Waals surface area contributed by atoms with Crippen molar-refractivity contribution in [2.24, 2.45) is 0 Å². The van der Waals surface area contributed by atoms with Gasteiger partial charge in [-0.05, 0) is 86.6 Å². The van der Waals surface area contributed by atoms with Crippen molar-refractivity contribution in [1.29, 1.82) is 0 Å². The molecular formula is C29H34N4O3S2. The lowest BCUT2D eigenvalue weighted by Crippen LogP contribution is -2.38. The number of thiazole rings is 1. The zero-order valence-corrected chi connectivity index (χ0v) is 24.1. The molecule has 200 valence electrons. The molecule has 38 heavy (non-hydrogen) atoms. The van der Waals surface area contributed by atoms with E-state index in [1.165, 1.54) is 40.4 Å². The molecule has 3 aromatic carbocycles. The first-order valence-corrected chi connectivity index (χ1v) is 15.0. The number of benzene rings is 3. The summed E-state index contributed by atoms with van der Waals surface area (Å²) in [7, 11) is -2.25. The summed E-state index contributed by atoms with van der Waals surface area (Å²) < 4.78 is 28.6. The normalized spacial score (nSPS) is 11.7. The Kier molecular flexibility index (Phi) is 8.50. The van der Waals surface area contributed by atoms with Crippen LogP contribution in [0.15, 0.2) is 71.6 Å². The molecule has 0 unspecified atom stereocenters. The number of para-hydroxylation sites is 1. The maximum absolute atomic E-state index is 13.8. The van der Waals surface area contributed by atoms with Crippen LogP contribution in [0.2, 0.25) is 0 Å². The summed E-state index contributed by atoms with van der Waals surface area (Å²) >= 11 is 1.50. The first-order chi connectivity index (χ1) is 18.1. The van der Waals surface area contributed by atoms with Gasteiger partial charge in [0.2, 0.25) is 0 Å². The third-order valence-electron chi connectivity index (χ3n) is 6.88. The van der Waals surface area contributed by atoms with Crippen LogP contribution in [0, 0.1) is 13.8 Å². The molecule has 0 bridgehead atoms. The van der Waals surface area contributed by atoms with Gasteiger partial charge in [-0.2, -0.15) is 0 Å². The Morgan fingerprint density at radius 1 is 0.895 bits per heavy atom. The number of aromatic nitrogens is 1. The van der Waals surface area contributed by atoms with Crippen LogP contribution in [0.5, 0.6) is 0 Å². The molecule has 1 heterocycles. The minimum Gasteiger partial charge on any atom is -0.302 e. The van der Waals surface area contributed by atoms with Gasteiger partial charge in [-0.1, -0.05) is 43.4 Å². The molecule has 1 aromatic heterocycles. The summed E-state index contributed by atoms with van der Waals surface area (Å²) in [6, 6.07) is 19.2. The number of hydrogen-bond acceptors (Lipinski definition) is 6. The number of aryl methyl sites for hydroxylation is 2. The molecule has 0 aliphatic rings. The van der Waals surface area contributed by atoms with Gasteiger partial charge in [0.25, 0.3) is 15.9 Å². The third-order valence-corrected chi connectivity index (χ3v) is 9.72. The number of hydrogen-bond donors (Lipinski definition) is 0.